The van der Waals surface area contributed by atoms with Gasteiger partial charge in [0.25, 0.3) is 0 Å². The summed E-state index contributed by atoms with van der Waals surface area (Å²) in [5.74, 6) is 0.678. The Balaban J connectivity index is 2.48. The van der Waals surface area contributed by atoms with Crippen molar-refractivity contribution in [1.82, 2.24) is 0 Å². The van der Waals surface area contributed by atoms with Crippen LogP contribution in [-0.2, 0) is 0 Å². The molecule has 0 unspecified atom stereocenters. The van der Waals surface area contributed by atoms with Crippen LogP contribution in [0.25, 0.3) is 21.9 Å². The molecule has 0 spiro atoms. The van der Waals surface area contributed by atoms with Gasteiger partial charge in [0, 0.05) is 6.07 Å². The highest BCUT2D eigenvalue weighted by atomic mass is 16.5. The lowest BCUT2D eigenvalue weighted by molar-refractivity contribution is 0.414. The molecule has 0 aliphatic heterocycles. The number of hydrogen-bond acceptors (Lipinski definition) is 3. The summed E-state index contributed by atoms with van der Waals surface area (Å²) in [4.78, 5) is 12.3. The monoisotopic (exact) mass is 240 g/mol. The van der Waals surface area contributed by atoms with Gasteiger partial charge in [-0.3, -0.25) is 4.79 Å². The average Bonchev–Trinajstić information content (AvgIpc) is 2.39. The van der Waals surface area contributed by atoms with Crippen LogP contribution in [0.1, 0.15) is 5.56 Å². The molecule has 18 heavy (non-hydrogen) atoms. The van der Waals surface area contributed by atoms with Crippen molar-refractivity contribution < 1.29 is 9.15 Å². The number of rotatable bonds is 1. The molecule has 0 N–H and O–H groups in total. The maximum atomic E-state index is 12.3. The second-order valence-electron chi connectivity index (χ2n) is 4.29. The number of benzene rings is 2. The minimum Gasteiger partial charge on any atom is -0.497 e. The van der Waals surface area contributed by atoms with E-state index < -0.39 is 0 Å². The van der Waals surface area contributed by atoms with Crippen LogP contribution in [0.15, 0.2) is 45.6 Å². The summed E-state index contributed by atoms with van der Waals surface area (Å²) in [6, 6.07) is 10.8. The molecule has 0 saturated carbocycles. The van der Waals surface area contributed by atoms with E-state index in [0.717, 1.165) is 5.56 Å². The molecule has 0 amide bonds. The van der Waals surface area contributed by atoms with Crippen molar-refractivity contribution in [3.05, 3.63) is 52.2 Å². The van der Waals surface area contributed by atoms with E-state index in [1.54, 1.807) is 25.3 Å². The molecule has 1 aromatic heterocycles. The molecule has 2 aromatic carbocycles. The Hall–Kier alpha value is -2.29. The van der Waals surface area contributed by atoms with Crippen LogP contribution in [0.4, 0.5) is 0 Å². The lowest BCUT2D eigenvalue weighted by Crippen LogP contribution is -2.02. The predicted octanol–water partition coefficient (Wildman–Crippen LogP) is 3.26. The first kappa shape index (κ1) is 10.8. The smallest absolute Gasteiger partial charge is 0.200 e. The lowest BCUT2D eigenvalue weighted by Gasteiger charge is -2.04. The van der Waals surface area contributed by atoms with Crippen molar-refractivity contribution in [3.8, 4) is 5.75 Å². The van der Waals surface area contributed by atoms with E-state index in [1.807, 2.05) is 25.1 Å². The van der Waals surface area contributed by atoms with Crippen LogP contribution < -0.4 is 10.2 Å². The Morgan fingerprint density at radius 3 is 2.61 bits per heavy atom. The fraction of sp³-hybridized carbons (Fsp3) is 0.133. The topological polar surface area (TPSA) is 39.4 Å². The molecule has 0 saturated heterocycles. The molecular formula is C15H12O3. The van der Waals surface area contributed by atoms with Crippen molar-refractivity contribution in [2.45, 2.75) is 6.92 Å². The van der Waals surface area contributed by atoms with Crippen LogP contribution in [0.5, 0.6) is 5.75 Å². The molecule has 0 fully saturated rings. The van der Waals surface area contributed by atoms with Crippen molar-refractivity contribution in [2.24, 2.45) is 0 Å². The van der Waals surface area contributed by atoms with E-state index in [2.05, 4.69) is 0 Å². The highest BCUT2D eigenvalue weighted by molar-refractivity contribution is 5.90. The summed E-state index contributed by atoms with van der Waals surface area (Å²) in [5, 5.41) is 1.20. The second kappa shape index (κ2) is 3.88. The average molecular weight is 240 g/mol. The molecule has 0 aliphatic rings. The zero-order valence-corrected chi connectivity index (χ0v) is 10.2. The molecule has 0 aliphatic carbocycles. The third-order valence-electron chi connectivity index (χ3n) is 3.03. The minimum atomic E-state index is -0.00222. The third kappa shape index (κ3) is 1.56. The van der Waals surface area contributed by atoms with E-state index in [-0.39, 0.29) is 5.43 Å². The van der Waals surface area contributed by atoms with Crippen LogP contribution in [-0.4, -0.2) is 7.11 Å². The SMILES string of the molecule is COc1ccc2c(=O)c3cc(C)ccc3oc2c1. The summed E-state index contributed by atoms with van der Waals surface area (Å²) < 4.78 is 10.9. The van der Waals surface area contributed by atoms with Gasteiger partial charge in [-0.25, -0.2) is 0 Å². The third-order valence-corrected chi connectivity index (χ3v) is 3.03. The highest BCUT2D eigenvalue weighted by Crippen LogP contribution is 2.23. The Kier molecular flexibility index (Phi) is 2.33. The van der Waals surface area contributed by atoms with Gasteiger partial charge in [0.05, 0.1) is 17.9 Å². The predicted molar refractivity (Wildman–Crippen MR) is 71.3 cm³/mol. The largest absolute Gasteiger partial charge is 0.497 e. The fourth-order valence-corrected chi connectivity index (χ4v) is 2.08. The summed E-state index contributed by atoms with van der Waals surface area (Å²) >= 11 is 0. The van der Waals surface area contributed by atoms with E-state index in [4.69, 9.17) is 9.15 Å². The van der Waals surface area contributed by atoms with Crippen LogP contribution in [0, 0.1) is 6.92 Å². The van der Waals surface area contributed by atoms with Gasteiger partial charge in [0.15, 0.2) is 0 Å². The van der Waals surface area contributed by atoms with Crippen LogP contribution >= 0.6 is 0 Å². The maximum absolute atomic E-state index is 12.3. The van der Waals surface area contributed by atoms with Gasteiger partial charge < -0.3 is 9.15 Å². The number of methoxy groups -OCH3 is 1. The van der Waals surface area contributed by atoms with Gasteiger partial charge in [-0.05, 0) is 31.2 Å². The summed E-state index contributed by atoms with van der Waals surface area (Å²) in [6.45, 7) is 1.96. The second-order valence-corrected chi connectivity index (χ2v) is 4.29. The molecule has 3 rings (SSSR count). The summed E-state index contributed by atoms with van der Waals surface area (Å²) in [7, 11) is 1.59. The van der Waals surface area contributed by atoms with E-state index in [1.165, 1.54) is 0 Å². The van der Waals surface area contributed by atoms with Crippen molar-refractivity contribution in [2.75, 3.05) is 7.11 Å². The van der Waals surface area contributed by atoms with E-state index in [0.29, 0.717) is 27.7 Å². The van der Waals surface area contributed by atoms with Gasteiger partial charge >= 0.3 is 0 Å². The fourth-order valence-electron chi connectivity index (χ4n) is 2.08. The van der Waals surface area contributed by atoms with Crippen molar-refractivity contribution in [1.29, 1.82) is 0 Å². The van der Waals surface area contributed by atoms with Gasteiger partial charge in [0.2, 0.25) is 5.43 Å². The first-order valence-electron chi connectivity index (χ1n) is 5.70. The highest BCUT2D eigenvalue weighted by Gasteiger charge is 2.08. The van der Waals surface area contributed by atoms with Gasteiger partial charge in [-0.1, -0.05) is 11.6 Å². The number of aryl methyl sites for hydroxylation is 1. The lowest BCUT2D eigenvalue weighted by atomic mass is 10.1. The molecule has 0 radical (unpaired) electrons. The standard InChI is InChI=1S/C15H12O3/c1-9-3-6-13-12(7-9)15(16)11-5-4-10(17-2)8-14(11)18-13/h3-8H,1-2H3. The first-order chi connectivity index (χ1) is 8.69. The normalized spacial score (nSPS) is 11.0. The van der Waals surface area contributed by atoms with Crippen LogP contribution in [0.2, 0.25) is 0 Å². The van der Waals surface area contributed by atoms with E-state index >= 15 is 0 Å². The van der Waals surface area contributed by atoms with Gasteiger partial charge in [-0.15, -0.1) is 0 Å². The summed E-state index contributed by atoms with van der Waals surface area (Å²) in [6.07, 6.45) is 0. The molecule has 1 heterocycles. The van der Waals surface area contributed by atoms with Gasteiger partial charge in [0.1, 0.15) is 16.9 Å². The molecule has 3 nitrogen and oxygen atoms in total. The quantitative estimate of drug-likeness (QED) is 0.613. The Bertz CT molecular complexity index is 800. The van der Waals surface area contributed by atoms with Crippen LogP contribution in [0.3, 0.4) is 0 Å². The minimum absolute atomic E-state index is 0.00222. The zero-order valence-electron chi connectivity index (χ0n) is 10.2. The first-order valence-corrected chi connectivity index (χ1v) is 5.70. The maximum Gasteiger partial charge on any atom is 0.200 e. The molecule has 3 aromatic rings. The molecular weight excluding hydrogens is 228 g/mol. The van der Waals surface area contributed by atoms with E-state index in [9.17, 15) is 4.79 Å². The molecule has 90 valence electrons. The number of hydrogen-bond donors (Lipinski definition) is 0. The number of fused-ring (bicyclic) bond motifs is 2. The summed E-state index contributed by atoms with van der Waals surface area (Å²) in [5.41, 5.74) is 2.20. The number of ether oxygens (including phenoxy) is 1. The molecule has 0 bridgehead atoms. The molecule has 3 heteroatoms. The van der Waals surface area contributed by atoms with Crippen molar-refractivity contribution in [3.63, 3.8) is 0 Å². The Morgan fingerprint density at radius 1 is 1.00 bits per heavy atom. The molecule has 0 atom stereocenters. The Labute approximate surface area is 104 Å². The Morgan fingerprint density at radius 2 is 1.83 bits per heavy atom. The van der Waals surface area contributed by atoms with Gasteiger partial charge in [-0.2, -0.15) is 0 Å². The zero-order chi connectivity index (χ0) is 12.7. The van der Waals surface area contributed by atoms with Crippen molar-refractivity contribution >= 4 is 21.9 Å².